The van der Waals surface area contributed by atoms with Gasteiger partial charge in [-0.3, -0.25) is 4.79 Å². The van der Waals surface area contributed by atoms with Crippen molar-refractivity contribution in [2.45, 2.75) is 26.0 Å². The van der Waals surface area contributed by atoms with E-state index < -0.39 is 12.1 Å². The van der Waals surface area contributed by atoms with Gasteiger partial charge in [-0.15, -0.1) is 0 Å². The van der Waals surface area contributed by atoms with Gasteiger partial charge in [0.1, 0.15) is 0 Å². The Hall–Kier alpha value is -1.14. The number of hydrogen-bond donors (Lipinski definition) is 3. The van der Waals surface area contributed by atoms with Gasteiger partial charge in [0.05, 0.1) is 6.54 Å². The van der Waals surface area contributed by atoms with Crippen molar-refractivity contribution in [1.82, 2.24) is 5.32 Å². The van der Waals surface area contributed by atoms with E-state index in [-0.39, 0.29) is 24.4 Å². The molecule has 0 aromatic rings. The average molecular weight is 218 g/mol. The summed E-state index contributed by atoms with van der Waals surface area (Å²) in [7, 11) is 1.28. The summed E-state index contributed by atoms with van der Waals surface area (Å²) in [6.07, 6.45) is -1.02. The van der Waals surface area contributed by atoms with Gasteiger partial charge < -0.3 is 20.9 Å². The van der Waals surface area contributed by atoms with Crippen molar-refractivity contribution in [3.05, 3.63) is 0 Å². The van der Waals surface area contributed by atoms with Gasteiger partial charge in [0.15, 0.2) is 6.10 Å². The monoisotopic (exact) mass is 218 g/mol. The zero-order valence-corrected chi connectivity index (χ0v) is 9.19. The number of methoxy groups -OCH3 is 1. The number of hydrogen-bond acceptors (Lipinski definition) is 4. The highest BCUT2D eigenvalue weighted by atomic mass is 16.5. The van der Waals surface area contributed by atoms with Crippen LogP contribution in [-0.2, 0) is 14.3 Å². The molecule has 4 N–H and O–H groups in total. The molecule has 88 valence electrons. The van der Waals surface area contributed by atoms with Gasteiger partial charge in [-0.1, -0.05) is 6.92 Å². The van der Waals surface area contributed by atoms with Crippen LogP contribution in [-0.4, -0.2) is 42.8 Å². The van der Waals surface area contributed by atoms with Gasteiger partial charge in [0.2, 0.25) is 5.91 Å². The zero-order chi connectivity index (χ0) is 12.0. The molecule has 0 aliphatic rings. The Morgan fingerprint density at radius 2 is 2.00 bits per heavy atom. The maximum Gasteiger partial charge on any atom is 0.334 e. The molecule has 6 nitrogen and oxygen atoms in total. The number of aliphatic carboxylic acids is 1. The van der Waals surface area contributed by atoms with Gasteiger partial charge in [0, 0.05) is 19.1 Å². The first-order chi connectivity index (χ1) is 6.90. The third kappa shape index (κ3) is 4.75. The molecule has 0 spiro atoms. The standard InChI is InChI=1S/C9H18N2O4/c1-5(6(2)10)8(12)11-4-7(15-3)9(13)14/h5-7H,4,10H2,1-3H3,(H,11,12)(H,13,14). The van der Waals surface area contributed by atoms with Gasteiger partial charge in [0.25, 0.3) is 0 Å². The fourth-order valence-electron chi connectivity index (χ4n) is 0.865. The summed E-state index contributed by atoms with van der Waals surface area (Å²) in [4.78, 5) is 21.9. The van der Waals surface area contributed by atoms with Crippen molar-refractivity contribution in [3.8, 4) is 0 Å². The second-order valence-corrected chi connectivity index (χ2v) is 3.46. The molecule has 15 heavy (non-hydrogen) atoms. The first-order valence-electron chi connectivity index (χ1n) is 4.69. The molecule has 0 fully saturated rings. The lowest BCUT2D eigenvalue weighted by Gasteiger charge is -2.17. The second kappa shape index (κ2) is 6.36. The number of ether oxygens (including phenoxy) is 1. The number of carboxylic acids is 1. The van der Waals surface area contributed by atoms with Crippen molar-refractivity contribution >= 4 is 11.9 Å². The van der Waals surface area contributed by atoms with Crippen LogP contribution in [0.15, 0.2) is 0 Å². The van der Waals surface area contributed by atoms with E-state index in [0.717, 1.165) is 0 Å². The van der Waals surface area contributed by atoms with Gasteiger partial charge in [-0.2, -0.15) is 0 Å². The lowest BCUT2D eigenvalue weighted by atomic mass is 10.0. The normalized spacial score (nSPS) is 16.5. The summed E-state index contributed by atoms with van der Waals surface area (Å²) in [5.74, 6) is -1.73. The third-order valence-corrected chi connectivity index (χ3v) is 2.22. The zero-order valence-electron chi connectivity index (χ0n) is 9.19. The molecule has 3 atom stereocenters. The maximum absolute atomic E-state index is 11.4. The predicted octanol–water partition coefficient (Wildman–Crippen LogP) is -0.814. The highest BCUT2D eigenvalue weighted by Crippen LogP contribution is 1.99. The van der Waals surface area contributed by atoms with E-state index >= 15 is 0 Å². The molecule has 1 amide bonds. The highest BCUT2D eigenvalue weighted by molar-refractivity contribution is 5.80. The van der Waals surface area contributed by atoms with E-state index in [1.165, 1.54) is 7.11 Å². The van der Waals surface area contributed by atoms with Gasteiger partial charge in [-0.05, 0) is 6.92 Å². The summed E-state index contributed by atoms with van der Waals surface area (Å²) < 4.78 is 4.66. The molecule has 3 unspecified atom stereocenters. The van der Waals surface area contributed by atoms with Crippen LogP contribution >= 0.6 is 0 Å². The molecule has 0 heterocycles. The fourth-order valence-corrected chi connectivity index (χ4v) is 0.865. The smallest absolute Gasteiger partial charge is 0.334 e. The Morgan fingerprint density at radius 1 is 1.47 bits per heavy atom. The Kier molecular flexibility index (Phi) is 5.88. The van der Waals surface area contributed by atoms with Crippen LogP contribution in [0.5, 0.6) is 0 Å². The van der Waals surface area contributed by atoms with Crippen LogP contribution in [0.3, 0.4) is 0 Å². The Bertz CT molecular complexity index is 230. The largest absolute Gasteiger partial charge is 0.479 e. The third-order valence-electron chi connectivity index (χ3n) is 2.22. The molecule has 0 saturated carbocycles. The van der Waals surface area contributed by atoms with E-state index in [1.807, 2.05) is 0 Å². The van der Waals surface area contributed by atoms with Gasteiger partial charge in [-0.25, -0.2) is 4.79 Å². The molecule has 0 aliphatic heterocycles. The minimum atomic E-state index is -1.11. The molecule has 0 aromatic carbocycles. The minimum Gasteiger partial charge on any atom is -0.479 e. The Balaban J connectivity index is 4.04. The Labute approximate surface area is 88.8 Å². The molecule has 0 aliphatic carbocycles. The van der Waals surface area contributed by atoms with Crippen molar-refractivity contribution in [3.63, 3.8) is 0 Å². The molecular formula is C9H18N2O4. The summed E-state index contributed by atoms with van der Waals surface area (Å²) in [5, 5.41) is 11.1. The summed E-state index contributed by atoms with van der Waals surface area (Å²) >= 11 is 0. The van der Waals surface area contributed by atoms with E-state index in [9.17, 15) is 9.59 Å². The highest BCUT2D eigenvalue weighted by Gasteiger charge is 2.21. The number of nitrogens with one attached hydrogen (secondary N) is 1. The topological polar surface area (TPSA) is 102 Å². The first-order valence-corrected chi connectivity index (χ1v) is 4.69. The first kappa shape index (κ1) is 13.9. The van der Waals surface area contributed by atoms with Gasteiger partial charge >= 0.3 is 5.97 Å². The lowest BCUT2D eigenvalue weighted by molar-refractivity contribution is -0.148. The number of carbonyl (C=O) groups excluding carboxylic acids is 1. The van der Waals surface area contributed by atoms with Crippen LogP contribution in [0, 0.1) is 5.92 Å². The number of amides is 1. The number of carbonyl (C=O) groups is 2. The quantitative estimate of drug-likeness (QED) is 0.541. The predicted molar refractivity (Wildman–Crippen MR) is 54.3 cm³/mol. The molecule has 6 heteroatoms. The molecule has 0 bridgehead atoms. The molecule has 0 aromatic heterocycles. The van der Waals surface area contributed by atoms with E-state index in [2.05, 4.69) is 10.1 Å². The van der Waals surface area contributed by atoms with Crippen molar-refractivity contribution < 1.29 is 19.4 Å². The summed E-state index contributed by atoms with van der Waals surface area (Å²) in [6.45, 7) is 3.35. The van der Waals surface area contributed by atoms with Crippen molar-refractivity contribution in [2.24, 2.45) is 11.7 Å². The summed E-state index contributed by atoms with van der Waals surface area (Å²) in [6, 6.07) is -0.268. The van der Waals surface area contributed by atoms with Crippen LogP contribution < -0.4 is 11.1 Å². The molecular weight excluding hydrogens is 200 g/mol. The fraction of sp³-hybridized carbons (Fsp3) is 0.778. The Morgan fingerprint density at radius 3 is 2.33 bits per heavy atom. The summed E-state index contributed by atoms with van der Waals surface area (Å²) in [5.41, 5.74) is 5.53. The van der Waals surface area contributed by atoms with Crippen LogP contribution in [0.1, 0.15) is 13.8 Å². The lowest BCUT2D eigenvalue weighted by Crippen LogP contribution is -2.43. The van der Waals surface area contributed by atoms with E-state index in [0.29, 0.717) is 0 Å². The van der Waals surface area contributed by atoms with E-state index in [4.69, 9.17) is 10.8 Å². The number of nitrogens with two attached hydrogens (primary N) is 1. The maximum atomic E-state index is 11.4. The van der Waals surface area contributed by atoms with Crippen LogP contribution in [0.4, 0.5) is 0 Å². The van der Waals surface area contributed by atoms with Crippen LogP contribution in [0.25, 0.3) is 0 Å². The minimum absolute atomic E-state index is 0.0538. The number of carboxylic acid groups (broad SMARTS) is 1. The SMILES string of the molecule is COC(CNC(=O)C(C)C(C)N)C(=O)O. The van der Waals surface area contributed by atoms with Crippen molar-refractivity contribution in [1.29, 1.82) is 0 Å². The molecule has 0 radical (unpaired) electrons. The van der Waals surface area contributed by atoms with E-state index in [1.54, 1.807) is 13.8 Å². The molecule has 0 rings (SSSR count). The van der Waals surface area contributed by atoms with Crippen LogP contribution in [0.2, 0.25) is 0 Å². The average Bonchev–Trinajstić information content (AvgIpc) is 2.16. The molecule has 0 saturated heterocycles. The number of rotatable bonds is 6. The second-order valence-electron chi connectivity index (χ2n) is 3.46. The van der Waals surface area contributed by atoms with Crippen molar-refractivity contribution in [2.75, 3.05) is 13.7 Å².